The number of nitrogens with zero attached hydrogens (tertiary/aromatic N) is 3. The third kappa shape index (κ3) is 3.99. The molecule has 9 nitrogen and oxygen atoms in total. The van der Waals surface area contributed by atoms with Crippen molar-refractivity contribution in [2.75, 3.05) is 25.9 Å². The summed E-state index contributed by atoms with van der Waals surface area (Å²) in [5.41, 5.74) is 2.06. The van der Waals surface area contributed by atoms with Crippen LogP contribution in [0.4, 0.5) is 8.78 Å². The molecule has 1 saturated heterocycles. The Morgan fingerprint density at radius 2 is 2.12 bits per heavy atom. The largest absolute Gasteiger partial charge is 0.354 e. The molecule has 2 amide bonds. The van der Waals surface area contributed by atoms with E-state index in [2.05, 4.69) is 10.3 Å². The lowest BCUT2D eigenvalue weighted by Crippen LogP contribution is -2.51. The third-order valence-electron chi connectivity index (χ3n) is 5.44. The number of carbonyl (C=O) groups excluding carboxylic acids is 2. The van der Waals surface area contributed by atoms with Crippen molar-refractivity contribution in [2.24, 2.45) is 0 Å². The molecule has 4 rings (SSSR count). The topological polar surface area (TPSA) is 117 Å². The molecule has 1 aliphatic rings. The highest BCUT2D eigenvalue weighted by atomic mass is 32.3. The summed E-state index contributed by atoms with van der Waals surface area (Å²) in [4.78, 5) is 28.1. The van der Waals surface area contributed by atoms with Gasteiger partial charge in [-0.3, -0.25) is 19.0 Å². The van der Waals surface area contributed by atoms with Crippen molar-refractivity contribution in [2.45, 2.75) is 11.4 Å². The average Bonchev–Trinajstić information content (AvgIpc) is 3.13. The van der Waals surface area contributed by atoms with Crippen molar-refractivity contribution in [3.05, 3.63) is 59.6 Å². The molecular weight excluding hydrogens is 444 g/mol. The normalized spacial score (nSPS) is 15.6. The summed E-state index contributed by atoms with van der Waals surface area (Å²) in [6.07, 6.45) is 4.45. The number of benzene rings is 1. The molecule has 0 radical (unpaired) electrons. The van der Waals surface area contributed by atoms with Crippen LogP contribution in [0.3, 0.4) is 0 Å². The molecule has 3 heterocycles. The van der Waals surface area contributed by atoms with E-state index in [4.69, 9.17) is 5.21 Å². The second-order valence-electron chi connectivity index (χ2n) is 7.52. The molecule has 0 atom stereocenters. The van der Waals surface area contributed by atoms with Gasteiger partial charge in [0.2, 0.25) is 5.91 Å². The van der Waals surface area contributed by atoms with Gasteiger partial charge < -0.3 is 9.88 Å². The zero-order chi connectivity index (χ0) is 23.0. The van der Waals surface area contributed by atoms with E-state index in [1.54, 1.807) is 15.1 Å². The number of aromatic nitrogens is 2. The Kier molecular flexibility index (Phi) is 5.75. The number of piperazine rings is 1. The van der Waals surface area contributed by atoms with Crippen molar-refractivity contribution >= 4 is 32.8 Å². The van der Waals surface area contributed by atoms with E-state index in [1.165, 1.54) is 30.1 Å². The van der Waals surface area contributed by atoms with E-state index in [1.807, 2.05) is 0 Å². The molecule has 0 saturated carbocycles. The molecule has 1 aromatic carbocycles. The number of pyridine rings is 1. The monoisotopic (exact) mass is 465 g/mol. The zero-order valence-electron chi connectivity index (χ0n) is 17.0. The molecule has 1 fully saturated rings. The van der Waals surface area contributed by atoms with Gasteiger partial charge in [-0.15, -0.1) is 0 Å². The lowest BCUT2D eigenvalue weighted by molar-refractivity contribution is -0.122. The van der Waals surface area contributed by atoms with Crippen molar-refractivity contribution in [1.29, 1.82) is 0 Å². The Balaban J connectivity index is 1.85. The van der Waals surface area contributed by atoms with Crippen LogP contribution in [0.2, 0.25) is 0 Å². The highest BCUT2D eigenvalue weighted by Crippen LogP contribution is 2.32. The van der Waals surface area contributed by atoms with E-state index in [-0.39, 0.29) is 30.3 Å². The first kappa shape index (κ1) is 22.0. The van der Waals surface area contributed by atoms with Crippen LogP contribution >= 0.6 is 0 Å². The van der Waals surface area contributed by atoms with Crippen LogP contribution in [0.25, 0.3) is 10.9 Å². The third-order valence-corrected chi connectivity index (χ3v) is 8.11. The molecule has 0 spiro atoms. The number of fused-ring (bicyclic) bond motifs is 1. The summed E-state index contributed by atoms with van der Waals surface area (Å²) in [5, 5.41) is 12.0. The van der Waals surface area contributed by atoms with E-state index in [0.717, 1.165) is 12.1 Å². The SMILES string of the molecule is C[SH](=O)(c1cn(Cc2ccc(F)cc2F)c2cnc(C(=O)NO)cc12)N1CCNC(=O)C1. The van der Waals surface area contributed by atoms with Crippen LogP contribution in [0.15, 0.2) is 41.6 Å². The van der Waals surface area contributed by atoms with E-state index >= 15 is 0 Å². The number of hydroxylamine groups is 1. The minimum Gasteiger partial charge on any atom is -0.354 e. The average molecular weight is 465 g/mol. The Morgan fingerprint density at radius 3 is 2.81 bits per heavy atom. The maximum atomic E-state index is 14.3. The van der Waals surface area contributed by atoms with Crippen molar-refractivity contribution < 1.29 is 27.8 Å². The van der Waals surface area contributed by atoms with Crippen molar-refractivity contribution in [3.63, 3.8) is 0 Å². The number of hydrogen-bond donors (Lipinski definition) is 4. The number of thiol groups is 1. The molecule has 2 aromatic heterocycles. The summed E-state index contributed by atoms with van der Waals surface area (Å²) in [6, 6.07) is 4.62. The predicted octanol–water partition coefficient (Wildman–Crippen LogP) is 0.834. The lowest BCUT2D eigenvalue weighted by atomic mass is 10.2. The first-order valence-corrected chi connectivity index (χ1v) is 11.8. The van der Waals surface area contributed by atoms with Crippen LogP contribution in [0, 0.1) is 11.6 Å². The highest BCUT2D eigenvalue weighted by Gasteiger charge is 2.30. The second-order valence-corrected chi connectivity index (χ2v) is 10.3. The maximum Gasteiger partial charge on any atom is 0.293 e. The molecule has 3 aromatic rings. The van der Waals surface area contributed by atoms with Gasteiger partial charge in [-0.05, 0) is 22.3 Å². The molecular formula is C20H21F2N5O4S. The Hall–Kier alpha value is -3.22. The summed E-state index contributed by atoms with van der Waals surface area (Å²) >= 11 is 0. The van der Waals surface area contributed by atoms with Crippen LogP contribution < -0.4 is 10.8 Å². The molecule has 0 aliphatic carbocycles. The first-order chi connectivity index (χ1) is 15.2. The fraction of sp³-hybridized carbons (Fsp3) is 0.250. The smallest absolute Gasteiger partial charge is 0.293 e. The van der Waals surface area contributed by atoms with E-state index in [0.29, 0.717) is 28.9 Å². The molecule has 3 N–H and O–H groups in total. The van der Waals surface area contributed by atoms with Crippen LogP contribution in [-0.4, -0.2) is 61.0 Å². The fourth-order valence-electron chi connectivity index (χ4n) is 3.75. The number of nitrogens with one attached hydrogen (secondary N) is 2. The summed E-state index contributed by atoms with van der Waals surface area (Å²) in [6.45, 7) is 0.655. The van der Waals surface area contributed by atoms with Gasteiger partial charge in [-0.25, -0.2) is 23.6 Å². The minimum atomic E-state index is -3.29. The van der Waals surface area contributed by atoms with Gasteiger partial charge in [0.25, 0.3) is 5.91 Å². The number of carbonyl (C=O) groups is 2. The Morgan fingerprint density at radius 1 is 1.34 bits per heavy atom. The van der Waals surface area contributed by atoms with Gasteiger partial charge in [0.05, 0.1) is 29.7 Å². The van der Waals surface area contributed by atoms with Gasteiger partial charge in [-0.1, -0.05) is 6.07 Å². The number of rotatable bonds is 5. The zero-order valence-corrected chi connectivity index (χ0v) is 17.9. The number of hydrogen-bond acceptors (Lipinski definition) is 5. The molecule has 0 bridgehead atoms. The van der Waals surface area contributed by atoms with E-state index in [9.17, 15) is 22.6 Å². The Bertz CT molecular complexity index is 1280. The van der Waals surface area contributed by atoms with Gasteiger partial charge in [0.15, 0.2) is 0 Å². The van der Waals surface area contributed by atoms with Crippen molar-refractivity contribution in [3.8, 4) is 0 Å². The lowest BCUT2D eigenvalue weighted by Gasteiger charge is -2.35. The molecule has 32 heavy (non-hydrogen) atoms. The summed E-state index contributed by atoms with van der Waals surface area (Å²) < 4.78 is 44.7. The van der Waals surface area contributed by atoms with Crippen LogP contribution in [0.5, 0.6) is 0 Å². The quantitative estimate of drug-likeness (QED) is 0.253. The van der Waals surface area contributed by atoms with Gasteiger partial charge in [-0.2, -0.15) is 0 Å². The number of halogens is 2. The molecule has 12 heteroatoms. The maximum absolute atomic E-state index is 14.3. The molecule has 0 unspecified atom stereocenters. The summed E-state index contributed by atoms with van der Waals surface area (Å²) in [5.74, 6) is -2.53. The highest BCUT2D eigenvalue weighted by molar-refractivity contribution is 8.00. The molecule has 170 valence electrons. The van der Waals surface area contributed by atoms with E-state index < -0.39 is 27.7 Å². The van der Waals surface area contributed by atoms with Crippen LogP contribution in [0.1, 0.15) is 16.1 Å². The Labute approximate surface area is 182 Å². The summed E-state index contributed by atoms with van der Waals surface area (Å²) in [7, 11) is -3.29. The standard InChI is InChI=1S/C20H21F2N5O4S/c1-32(31,27-5-4-23-19(28)11-27)18-10-26(9-12-2-3-13(21)6-15(12)22)17-8-24-16(7-14(17)18)20(29)25-30/h2-3,6-8,10,30,32H,4-5,9,11H2,1H3,(H,23,28)(H,25,29). The van der Waals surface area contributed by atoms with Gasteiger partial charge >= 0.3 is 0 Å². The number of amides is 2. The molecule has 1 aliphatic heterocycles. The fourth-order valence-corrected chi connectivity index (χ4v) is 5.91. The van der Waals surface area contributed by atoms with Crippen molar-refractivity contribution in [1.82, 2.24) is 24.7 Å². The predicted molar refractivity (Wildman–Crippen MR) is 113 cm³/mol. The van der Waals surface area contributed by atoms with Gasteiger partial charge in [0.1, 0.15) is 17.3 Å². The van der Waals surface area contributed by atoms with Crippen LogP contribution in [-0.2, 0) is 21.5 Å². The first-order valence-electron chi connectivity index (χ1n) is 9.68. The second kappa shape index (κ2) is 8.37. The van der Waals surface area contributed by atoms with Gasteiger partial charge in [0, 0.05) is 42.6 Å². The minimum absolute atomic E-state index is 0.00365.